The minimum atomic E-state index is -0.173. The molecule has 0 fully saturated rings. The Bertz CT molecular complexity index is 684. The highest BCUT2D eigenvalue weighted by molar-refractivity contribution is 5.94. The summed E-state index contributed by atoms with van der Waals surface area (Å²) >= 11 is 0. The number of hydrogen-bond donors (Lipinski definition) is 1. The molecule has 1 amide bonds. The largest absolute Gasteiger partial charge is 0.497 e. The summed E-state index contributed by atoms with van der Waals surface area (Å²) in [6.07, 6.45) is 0. The Labute approximate surface area is 136 Å². The molecule has 2 aromatic rings. The maximum absolute atomic E-state index is 12.4. The minimum absolute atomic E-state index is 0.161. The highest BCUT2D eigenvalue weighted by atomic mass is 16.5. The third-order valence-electron chi connectivity index (χ3n) is 3.59. The van der Waals surface area contributed by atoms with Gasteiger partial charge in [0.1, 0.15) is 5.75 Å². The van der Waals surface area contributed by atoms with Crippen LogP contribution >= 0.6 is 0 Å². The first kappa shape index (κ1) is 16.7. The lowest BCUT2D eigenvalue weighted by Gasteiger charge is -2.17. The van der Waals surface area contributed by atoms with Gasteiger partial charge in [-0.25, -0.2) is 0 Å². The van der Waals surface area contributed by atoms with E-state index in [1.165, 1.54) is 0 Å². The highest BCUT2D eigenvalue weighted by Gasteiger charge is 2.14. The molecule has 0 aliphatic heterocycles. The van der Waals surface area contributed by atoms with Gasteiger partial charge in [-0.1, -0.05) is 12.1 Å². The summed E-state index contributed by atoms with van der Waals surface area (Å²) < 4.78 is 15.7. The SMILES string of the molecule is COc1cccc(C(=O)NC(C)c2ccc(OC)c(OC)c2)c1. The number of methoxy groups -OCH3 is 3. The smallest absolute Gasteiger partial charge is 0.251 e. The summed E-state index contributed by atoms with van der Waals surface area (Å²) in [5.74, 6) is 1.78. The van der Waals surface area contributed by atoms with Crippen molar-refractivity contribution in [2.45, 2.75) is 13.0 Å². The molecule has 1 unspecified atom stereocenters. The Kier molecular flexibility index (Phi) is 5.46. The summed E-state index contributed by atoms with van der Waals surface area (Å²) in [7, 11) is 4.75. The average molecular weight is 315 g/mol. The molecule has 0 saturated carbocycles. The predicted molar refractivity (Wildman–Crippen MR) is 88.4 cm³/mol. The number of carbonyl (C=O) groups excluding carboxylic acids is 1. The van der Waals surface area contributed by atoms with Crippen molar-refractivity contribution in [3.8, 4) is 17.2 Å². The van der Waals surface area contributed by atoms with E-state index in [2.05, 4.69) is 5.32 Å². The van der Waals surface area contributed by atoms with Gasteiger partial charge in [0, 0.05) is 5.56 Å². The maximum atomic E-state index is 12.4. The van der Waals surface area contributed by atoms with Gasteiger partial charge < -0.3 is 19.5 Å². The quantitative estimate of drug-likeness (QED) is 0.889. The zero-order valence-electron chi connectivity index (χ0n) is 13.8. The van der Waals surface area contributed by atoms with Crippen LogP contribution in [0.5, 0.6) is 17.2 Å². The number of nitrogens with one attached hydrogen (secondary N) is 1. The number of hydrogen-bond acceptors (Lipinski definition) is 4. The Morgan fingerprint density at radius 2 is 1.70 bits per heavy atom. The summed E-state index contributed by atoms with van der Waals surface area (Å²) in [4.78, 5) is 12.4. The molecule has 0 spiro atoms. The Balaban J connectivity index is 2.14. The predicted octanol–water partition coefficient (Wildman–Crippen LogP) is 3.20. The van der Waals surface area contributed by atoms with E-state index in [0.29, 0.717) is 22.8 Å². The van der Waals surface area contributed by atoms with Gasteiger partial charge in [0.05, 0.1) is 27.4 Å². The molecule has 1 atom stereocenters. The third-order valence-corrected chi connectivity index (χ3v) is 3.59. The van der Waals surface area contributed by atoms with Crippen LogP contribution < -0.4 is 19.5 Å². The minimum Gasteiger partial charge on any atom is -0.497 e. The molecule has 1 N–H and O–H groups in total. The first-order valence-electron chi connectivity index (χ1n) is 7.26. The van der Waals surface area contributed by atoms with Gasteiger partial charge in [0.25, 0.3) is 5.91 Å². The standard InChI is InChI=1S/C18H21NO4/c1-12(13-8-9-16(22-3)17(11-13)23-4)19-18(20)14-6-5-7-15(10-14)21-2/h5-12H,1-4H3,(H,19,20). The van der Waals surface area contributed by atoms with E-state index in [1.54, 1.807) is 45.6 Å². The molecule has 2 rings (SSSR count). The maximum Gasteiger partial charge on any atom is 0.251 e. The van der Waals surface area contributed by atoms with E-state index in [0.717, 1.165) is 5.56 Å². The molecule has 0 aromatic heterocycles. The van der Waals surface area contributed by atoms with E-state index < -0.39 is 0 Å². The summed E-state index contributed by atoms with van der Waals surface area (Å²) in [6, 6.07) is 12.4. The van der Waals surface area contributed by atoms with Crippen molar-refractivity contribution < 1.29 is 19.0 Å². The van der Waals surface area contributed by atoms with Crippen LogP contribution in [-0.4, -0.2) is 27.2 Å². The molecule has 0 heterocycles. The second-order valence-corrected chi connectivity index (χ2v) is 5.04. The Hall–Kier alpha value is -2.69. The molecular weight excluding hydrogens is 294 g/mol. The van der Waals surface area contributed by atoms with Crippen LogP contribution in [0.25, 0.3) is 0 Å². The zero-order valence-corrected chi connectivity index (χ0v) is 13.8. The topological polar surface area (TPSA) is 56.8 Å². The van der Waals surface area contributed by atoms with Gasteiger partial charge in [-0.3, -0.25) is 4.79 Å². The van der Waals surface area contributed by atoms with E-state index in [-0.39, 0.29) is 11.9 Å². The van der Waals surface area contributed by atoms with Crippen LogP contribution in [0.4, 0.5) is 0 Å². The lowest BCUT2D eigenvalue weighted by atomic mass is 10.1. The van der Waals surface area contributed by atoms with Crippen LogP contribution in [0.1, 0.15) is 28.9 Å². The third kappa shape index (κ3) is 3.94. The molecule has 0 saturated heterocycles. The second kappa shape index (κ2) is 7.54. The van der Waals surface area contributed by atoms with E-state index >= 15 is 0 Å². The molecule has 122 valence electrons. The molecule has 23 heavy (non-hydrogen) atoms. The van der Waals surface area contributed by atoms with E-state index in [4.69, 9.17) is 14.2 Å². The number of carbonyl (C=O) groups is 1. The molecule has 5 nitrogen and oxygen atoms in total. The second-order valence-electron chi connectivity index (χ2n) is 5.04. The fourth-order valence-corrected chi connectivity index (χ4v) is 2.25. The summed E-state index contributed by atoms with van der Waals surface area (Å²) in [5.41, 5.74) is 1.48. The number of rotatable bonds is 6. The molecular formula is C18H21NO4. The Morgan fingerprint density at radius 3 is 2.35 bits per heavy atom. The van der Waals surface area contributed by atoms with Crippen molar-refractivity contribution >= 4 is 5.91 Å². The lowest BCUT2D eigenvalue weighted by Crippen LogP contribution is -2.26. The summed E-state index contributed by atoms with van der Waals surface area (Å²) in [6.45, 7) is 1.92. The summed E-state index contributed by atoms with van der Waals surface area (Å²) in [5, 5.41) is 2.96. The molecule has 0 aliphatic carbocycles. The highest BCUT2D eigenvalue weighted by Crippen LogP contribution is 2.30. The normalized spacial score (nSPS) is 11.5. The van der Waals surface area contributed by atoms with Crippen LogP contribution in [0.3, 0.4) is 0 Å². The fraction of sp³-hybridized carbons (Fsp3) is 0.278. The van der Waals surface area contributed by atoms with E-state index in [9.17, 15) is 4.79 Å². The van der Waals surface area contributed by atoms with Crippen molar-refractivity contribution in [1.29, 1.82) is 0 Å². The van der Waals surface area contributed by atoms with Crippen molar-refractivity contribution in [2.75, 3.05) is 21.3 Å². The van der Waals surface area contributed by atoms with Crippen LogP contribution in [0.15, 0.2) is 42.5 Å². The molecule has 0 aliphatic rings. The van der Waals surface area contributed by atoms with Gasteiger partial charge in [0.15, 0.2) is 11.5 Å². The zero-order chi connectivity index (χ0) is 16.8. The van der Waals surface area contributed by atoms with Crippen molar-refractivity contribution in [2.24, 2.45) is 0 Å². The number of amides is 1. The first-order valence-corrected chi connectivity index (χ1v) is 7.26. The molecule has 0 radical (unpaired) electrons. The number of benzene rings is 2. The Morgan fingerprint density at radius 1 is 0.957 bits per heavy atom. The number of ether oxygens (including phenoxy) is 3. The molecule has 5 heteroatoms. The molecule has 2 aromatic carbocycles. The fourth-order valence-electron chi connectivity index (χ4n) is 2.25. The average Bonchev–Trinajstić information content (AvgIpc) is 2.60. The van der Waals surface area contributed by atoms with E-state index in [1.807, 2.05) is 25.1 Å². The van der Waals surface area contributed by atoms with Crippen LogP contribution in [0.2, 0.25) is 0 Å². The van der Waals surface area contributed by atoms with Gasteiger partial charge in [-0.2, -0.15) is 0 Å². The molecule has 0 bridgehead atoms. The first-order chi connectivity index (χ1) is 11.1. The van der Waals surface area contributed by atoms with Gasteiger partial charge in [-0.05, 0) is 42.8 Å². The lowest BCUT2D eigenvalue weighted by molar-refractivity contribution is 0.0939. The van der Waals surface area contributed by atoms with Crippen molar-refractivity contribution in [3.63, 3.8) is 0 Å². The van der Waals surface area contributed by atoms with Gasteiger partial charge in [0.2, 0.25) is 0 Å². The monoisotopic (exact) mass is 315 g/mol. The van der Waals surface area contributed by atoms with Gasteiger partial charge >= 0.3 is 0 Å². The van der Waals surface area contributed by atoms with Crippen LogP contribution in [-0.2, 0) is 0 Å². The van der Waals surface area contributed by atoms with Crippen LogP contribution in [0, 0.1) is 0 Å². The van der Waals surface area contributed by atoms with Crippen molar-refractivity contribution in [1.82, 2.24) is 5.32 Å². The van der Waals surface area contributed by atoms with Gasteiger partial charge in [-0.15, -0.1) is 0 Å². The van der Waals surface area contributed by atoms with Crippen molar-refractivity contribution in [3.05, 3.63) is 53.6 Å².